The summed E-state index contributed by atoms with van der Waals surface area (Å²) in [4.78, 5) is 22.9. The van der Waals surface area contributed by atoms with Gasteiger partial charge in [-0.1, -0.05) is 23.6 Å². The molecule has 2 rings (SSSR count). The van der Waals surface area contributed by atoms with Crippen LogP contribution in [0.1, 0.15) is 22.3 Å². The van der Waals surface area contributed by atoms with Crippen molar-refractivity contribution in [2.24, 2.45) is 0 Å². The van der Waals surface area contributed by atoms with E-state index >= 15 is 0 Å². The first-order valence-corrected chi connectivity index (χ1v) is 11.0. The molecule has 0 amide bonds. The van der Waals surface area contributed by atoms with Crippen LogP contribution in [0.3, 0.4) is 0 Å². The topological polar surface area (TPSA) is 119 Å². The minimum absolute atomic E-state index is 0.0184. The normalized spacial score (nSPS) is 11.2. The van der Waals surface area contributed by atoms with E-state index < -0.39 is 16.0 Å². The number of carbonyl (C=O) groups is 2. The molecule has 2 N–H and O–H groups in total. The highest BCUT2D eigenvalue weighted by atomic mass is 35.5. The minimum Gasteiger partial charge on any atom is -0.493 e. The molecule has 10 heteroatoms. The first kappa shape index (κ1) is 24.9. The van der Waals surface area contributed by atoms with Crippen LogP contribution in [0, 0.1) is 12.3 Å². The van der Waals surface area contributed by atoms with E-state index in [9.17, 15) is 18.0 Å². The van der Waals surface area contributed by atoms with Gasteiger partial charge in [0.2, 0.25) is 10.0 Å². The molecule has 2 aromatic carbocycles. The molecule has 0 aliphatic carbocycles. The van der Waals surface area contributed by atoms with Crippen molar-refractivity contribution < 1.29 is 32.6 Å². The van der Waals surface area contributed by atoms with Gasteiger partial charge >= 0.3 is 5.97 Å². The quantitative estimate of drug-likeness (QED) is 0.290. The number of sulfonamides is 1. The van der Waals surface area contributed by atoms with Crippen LogP contribution in [0.4, 0.5) is 0 Å². The molecule has 0 fully saturated rings. The van der Waals surface area contributed by atoms with Crippen molar-refractivity contribution in [2.75, 3.05) is 20.3 Å². The summed E-state index contributed by atoms with van der Waals surface area (Å²) >= 11 is 6.21. The van der Waals surface area contributed by atoms with E-state index in [1.54, 1.807) is 12.1 Å². The van der Waals surface area contributed by atoms with Gasteiger partial charge in [-0.3, -0.25) is 9.59 Å². The number of carbonyl (C=O) groups excluding carboxylic acids is 1. The molecule has 0 aliphatic rings. The standard InChI is InChI=1S/C22H20ClNO7S/c1-3-12-31-22-18(23)13-15(14-20(22)30-2)4-9-19(25)16-5-7-17(8-6-16)32(28,29)24-11-10-21(26)27/h1,4-9,13-14,24H,10-12H2,2H3,(H,26,27)/b9-4+. The zero-order chi connectivity index (χ0) is 23.7. The van der Waals surface area contributed by atoms with Gasteiger partial charge in [-0.25, -0.2) is 13.1 Å². The Labute approximate surface area is 190 Å². The number of carboxylic acids is 1. The maximum atomic E-state index is 12.4. The van der Waals surface area contributed by atoms with Crippen LogP contribution in [0.25, 0.3) is 6.08 Å². The van der Waals surface area contributed by atoms with Gasteiger partial charge in [0.05, 0.1) is 23.4 Å². The van der Waals surface area contributed by atoms with Crippen LogP contribution in [0.2, 0.25) is 5.02 Å². The number of ketones is 1. The molecular weight excluding hydrogens is 458 g/mol. The molecular formula is C22H20ClNO7S. The van der Waals surface area contributed by atoms with Crippen LogP contribution >= 0.6 is 11.6 Å². The number of nitrogens with one attached hydrogen (secondary N) is 1. The Hall–Kier alpha value is -3.32. The zero-order valence-electron chi connectivity index (χ0n) is 17.0. The summed E-state index contributed by atoms with van der Waals surface area (Å²) in [7, 11) is -2.43. The lowest BCUT2D eigenvalue weighted by Gasteiger charge is -2.11. The highest BCUT2D eigenvalue weighted by Gasteiger charge is 2.15. The van der Waals surface area contributed by atoms with Crippen LogP contribution in [0.15, 0.2) is 47.4 Å². The lowest BCUT2D eigenvalue weighted by atomic mass is 10.1. The number of rotatable bonds is 11. The smallest absolute Gasteiger partial charge is 0.304 e. The Morgan fingerprint density at radius 3 is 2.53 bits per heavy atom. The average molecular weight is 478 g/mol. The Morgan fingerprint density at radius 1 is 1.25 bits per heavy atom. The molecule has 0 heterocycles. The second-order valence-corrected chi connectivity index (χ2v) is 8.46. The highest BCUT2D eigenvalue weighted by Crippen LogP contribution is 2.36. The lowest BCUT2D eigenvalue weighted by molar-refractivity contribution is -0.136. The van der Waals surface area contributed by atoms with Gasteiger partial charge in [0.1, 0.15) is 6.61 Å². The van der Waals surface area contributed by atoms with Gasteiger partial charge in [-0.2, -0.15) is 0 Å². The van der Waals surface area contributed by atoms with Crippen molar-refractivity contribution in [3.8, 4) is 23.8 Å². The fourth-order valence-electron chi connectivity index (χ4n) is 2.53. The molecule has 0 saturated heterocycles. The molecule has 0 aromatic heterocycles. The van der Waals surface area contributed by atoms with E-state index in [0.29, 0.717) is 17.1 Å². The third-order valence-corrected chi connectivity index (χ3v) is 5.82. The van der Waals surface area contributed by atoms with Crippen molar-refractivity contribution >= 4 is 39.5 Å². The van der Waals surface area contributed by atoms with Gasteiger partial charge in [0.15, 0.2) is 17.3 Å². The highest BCUT2D eigenvalue weighted by molar-refractivity contribution is 7.89. The predicted molar refractivity (Wildman–Crippen MR) is 120 cm³/mol. The van der Waals surface area contributed by atoms with Gasteiger partial charge in [-0.15, -0.1) is 6.42 Å². The van der Waals surface area contributed by atoms with Crippen molar-refractivity contribution in [3.63, 3.8) is 0 Å². The molecule has 0 atom stereocenters. The van der Waals surface area contributed by atoms with E-state index in [2.05, 4.69) is 10.6 Å². The zero-order valence-corrected chi connectivity index (χ0v) is 18.6. The van der Waals surface area contributed by atoms with Crippen molar-refractivity contribution in [1.82, 2.24) is 4.72 Å². The molecule has 2 aromatic rings. The Morgan fingerprint density at radius 2 is 1.94 bits per heavy atom. The van der Waals surface area contributed by atoms with Crippen molar-refractivity contribution in [3.05, 3.63) is 58.6 Å². The van der Waals surface area contributed by atoms with E-state index in [-0.39, 0.29) is 40.8 Å². The Bertz CT molecular complexity index is 1170. The summed E-state index contributed by atoms with van der Waals surface area (Å²) in [6.07, 6.45) is 7.68. The molecule has 0 radical (unpaired) electrons. The van der Waals surface area contributed by atoms with Gasteiger partial charge in [-0.05, 0) is 48.0 Å². The maximum Gasteiger partial charge on any atom is 0.304 e. The summed E-state index contributed by atoms with van der Waals surface area (Å²) in [6.45, 7) is -0.218. The van der Waals surface area contributed by atoms with E-state index in [1.165, 1.54) is 43.5 Å². The number of aliphatic carboxylic acids is 1. The number of methoxy groups -OCH3 is 1. The summed E-state index contributed by atoms with van der Waals surface area (Å²) in [5.74, 6) is 1.50. The summed E-state index contributed by atoms with van der Waals surface area (Å²) in [6, 6.07) is 8.47. The van der Waals surface area contributed by atoms with Gasteiger partial charge in [0, 0.05) is 12.1 Å². The van der Waals surface area contributed by atoms with Gasteiger partial charge < -0.3 is 14.6 Å². The fourth-order valence-corrected chi connectivity index (χ4v) is 3.84. The second kappa shape index (κ2) is 11.3. The number of terminal acetylenes is 1. The summed E-state index contributed by atoms with van der Waals surface area (Å²) in [5.41, 5.74) is 0.841. The van der Waals surface area contributed by atoms with E-state index in [4.69, 9.17) is 32.6 Å². The Balaban J connectivity index is 2.13. The molecule has 32 heavy (non-hydrogen) atoms. The number of hydrogen-bond acceptors (Lipinski definition) is 6. The van der Waals surface area contributed by atoms with Gasteiger partial charge in [0.25, 0.3) is 0 Å². The second-order valence-electron chi connectivity index (χ2n) is 6.29. The van der Waals surface area contributed by atoms with E-state index in [0.717, 1.165) is 0 Å². The van der Waals surface area contributed by atoms with E-state index in [1.807, 2.05) is 0 Å². The molecule has 0 aliphatic heterocycles. The average Bonchev–Trinajstić information content (AvgIpc) is 2.76. The van der Waals surface area contributed by atoms with Crippen LogP contribution in [-0.4, -0.2) is 45.5 Å². The molecule has 0 unspecified atom stereocenters. The molecule has 0 spiro atoms. The minimum atomic E-state index is -3.87. The molecule has 168 valence electrons. The number of hydrogen-bond donors (Lipinski definition) is 2. The van der Waals surface area contributed by atoms with Crippen molar-refractivity contribution in [1.29, 1.82) is 0 Å². The third-order valence-electron chi connectivity index (χ3n) is 4.06. The maximum absolute atomic E-state index is 12.4. The number of carboxylic acid groups (broad SMARTS) is 1. The Kier molecular flexibility index (Phi) is 8.84. The first-order chi connectivity index (χ1) is 15.2. The largest absolute Gasteiger partial charge is 0.493 e. The monoisotopic (exact) mass is 477 g/mol. The van der Waals surface area contributed by atoms with Crippen LogP contribution in [0.5, 0.6) is 11.5 Å². The lowest BCUT2D eigenvalue weighted by Crippen LogP contribution is -2.26. The predicted octanol–water partition coefficient (Wildman–Crippen LogP) is 3.01. The number of halogens is 1. The van der Waals surface area contributed by atoms with Crippen LogP contribution in [-0.2, 0) is 14.8 Å². The fraction of sp³-hybridized carbons (Fsp3) is 0.182. The van der Waals surface area contributed by atoms with Crippen molar-refractivity contribution in [2.45, 2.75) is 11.3 Å². The van der Waals surface area contributed by atoms with Crippen LogP contribution < -0.4 is 14.2 Å². The molecule has 0 bridgehead atoms. The first-order valence-electron chi connectivity index (χ1n) is 9.15. The summed E-state index contributed by atoms with van der Waals surface area (Å²) in [5, 5.41) is 8.86. The number of allylic oxidation sites excluding steroid dienone is 1. The number of ether oxygens (including phenoxy) is 2. The molecule has 0 saturated carbocycles. The third kappa shape index (κ3) is 6.85. The SMILES string of the molecule is C#CCOc1c(Cl)cc(/C=C/C(=O)c2ccc(S(=O)(=O)NCCC(=O)O)cc2)cc1OC. The molecule has 8 nitrogen and oxygen atoms in total. The summed E-state index contributed by atoms with van der Waals surface area (Å²) < 4.78 is 37.1. The number of benzene rings is 2.